The largest absolute Gasteiger partial charge is 0.497 e. The number of furan rings is 1. The molecule has 8 heteroatoms. The molecule has 2 N–H and O–H groups in total. The van der Waals surface area contributed by atoms with E-state index in [0.717, 1.165) is 0 Å². The molecular weight excluding hydrogens is 384 g/mol. The van der Waals surface area contributed by atoms with E-state index in [-0.39, 0.29) is 24.0 Å². The van der Waals surface area contributed by atoms with Crippen molar-refractivity contribution in [3.63, 3.8) is 0 Å². The number of benzene rings is 2. The molecular formula is C20H19ClN2O5. The topological polar surface area (TPSA) is 89.8 Å². The van der Waals surface area contributed by atoms with Crippen LogP contribution in [0, 0.1) is 0 Å². The Labute approximate surface area is 166 Å². The molecule has 0 spiro atoms. The van der Waals surface area contributed by atoms with E-state index in [1.807, 2.05) is 0 Å². The molecule has 0 saturated heterocycles. The van der Waals surface area contributed by atoms with E-state index < -0.39 is 5.91 Å². The molecule has 28 heavy (non-hydrogen) atoms. The first kappa shape index (κ1) is 19.6. The van der Waals surface area contributed by atoms with E-state index in [4.69, 9.17) is 25.5 Å². The second-order valence-corrected chi connectivity index (χ2v) is 6.19. The van der Waals surface area contributed by atoms with Crippen LogP contribution in [0.5, 0.6) is 11.5 Å². The van der Waals surface area contributed by atoms with Crippen molar-refractivity contribution >= 4 is 45.8 Å². The number of carbonyl (C=O) groups excluding carboxylic acids is 2. The number of carbonyl (C=O) groups is 2. The Bertz CT molecular complexity index is 1010. The second-order valence-electron chi connectivity index (χ2n) is 5.81. The number of anilines is 2. The number of methoxy groups -OCH3 is 2. The van der Waals surface area contributed by atoms with Crippen molar-refractivity contribution in [1.29, 1.82) is 0 Å². The van der Waals surface area contributed by atoms with Gasteiger partial charge in [-0.2, -0.15) is 0 Å². The Hall–Kier alpha value is -3.19. The monoisotopic (exact) mass is 402 g/mol. The maximum atomic E-state index is 12.9. The van der Waals surface area contributed by atoms with Gasteiger partial charge in [0.05, 0.1) is 19.9 Å². The molecule has 1 heterocycles. The number of halogens is 1. The second kappa shape index (κ2) is 8.67. The number of hydrogen-bond acceptors (Lipinski definition) is 5. The van der Waals surface area contributed by atoms with Gasteiger partial charge in [0.2, 0.25) is 11.7 Å². The average Bonchev–Trinajstić information content (AvgIpc) is 3.06. The van der Waals surface area contributed by atoms with E-state index in [9.17, 15) is 9.59 Å². The maximum Gasteiger partial charge on any atom is 0.293 e. The number of rotatable bonds is 7. The molecule has 7 nitrogen and oxygen atoms in total. The molecule has 0 bridgehead atoms. The molecule has 0 atom stereocenters. The lowest BCUT2D eigenvalue weighted by Crippen LogP contribution is -2.17. The summed E-state index contributed by atoms with van der Waals surface area (Å²) in [5.41, 5.74) is 1.18. The summed E-state index contributed by atoms with van der Waals surface area (Å²) in [6.07, 6.45) is 0.117. The van der Waals surface area contributed by atoms with Gasteiger partial charge in [-0.1, -0.05) is 12.1 Å². The van der Waals surface area contributed by atoms with Gasteiger partial charge in [0.15, 0.2) is 0 Å². The van der Waals surface area contributed by atoms with Crippen molar-refractivity contribution in [2.45, 2.75) is 6.42 Å². The Morgan fingerprint density at radius 3 is 2.57 bits per heavy atom. The SMILES string of the molecule is COc1ccc(OC)c(NC(=O)c2oc3ccccc3c2NC(=O)CCCl)c1. The summed E-state index contributed by atoms with van der Waals surface area (Å²) < 4.78 is 16.2. The maximum absolute atomic E-state index is 12.9. The highest BCUT2D eigenvalue weighted by Gasteiger charge is 2.23. The van der Waals surface area contributed by atoms with Crippen LogP contribution in [0.15, 0.2) is 46.9 Å². The van der Waals surface area contributed by atoms with Crippen LogP contribution in [0.3, 0.4) is 0 Å². The molecule has 0 aliphatic heterocycles. The third-order valence-electron chi connectivity index (χ3n) is 4.04. The van der Waals surface area contributed by atoms with Crippen LogP contribution in [0.2, 0.25) is 0 Å². The van der Waals surface area contributed by atoms with Gasteiger partial charge < -0.3 is 24.5 Å². The molecule has 0 aliphatic rings. The molecule has 2 aromatic carbocycles. The molecule has 0 unspecified atom stereocenters. The van der Waals surface area contributed by atoms with Gasteiger partial charge in [0.25, 0.3) is 5.91 Å². The first-order chi connectivity index (χ1) is 13.6. The molecule has 146 valence electrons. The van der Waals surface area contributed by atoms with Gasteiger partial charge >= 0.3 is 0 Å². The number of ether oxygens (including phenoxy) is 2. The zero-order valence-electron chi connectivity index (χ0n) is 15.4. The Morgan fingerprint density at radius 2 is 1.86 bits per heavy atom. The lowest BCUT2D eigenvalue weighted by Gasteiger charge is -2.11. The van der Waals surface area contributed by atoms with Gasteiger partial charge in [-0.3, -0.25) is 9.59 Å². The fourth-order valence-corrected chi connectivity index (χ4v) is 2.88. The molecule has 2 amide bonds. The normalized spacial score (nSPS) is 10.5. The molecule has 3 rings (SSSR count). The molecule has 0 fully saturated rings. The first-order valence-corrected chi connectivity index (χ1v) is 9.01. The number of nitrogens with one attached hydrogen (secondary N) is 2. The van der Waals surface area contributed by atoms with E-state index in [1.165, 1.54) is 14.2 Å². The highest BCUT2D eigenvalue weighted by Crippen LogP contribution is 2.34. The van der Waals surface area contributed by atoms with Crippen molar-refractivity contribution in [3.8, 4) is 11.5 Å². The Balaban J connectivity index is 1.98. The third kappa shape index (κ3) is 4.04. The van der Waals surface area contributed by atoms with Crippen LogP contribution >= 0.6 is 11.6 Å². The van der Waals surface area contributed by atoms with E-state index in [0.29, 0.717) is 33.8 Å². The fourth-order valence-electron chi connectivity index (χ4n) is 2.71. The zero-order valence-corrected chi connectivity index (χ0v) is 16.1. The standard InChI is InChI=1S/C20H19ClN2O5/c1-26-12-7-8-16(27-2)14(11-12)22-20(25)19-18(23-17(24)9-10-21)13-5-3-4-6-15(13)28-19/h3-8,11H,9-10H2,1-2H3,(H,22,25)(H,23,24). The molecule has 0 saturated carbocycles. The third-order valence-corrected chi connectivity index (χ3v) is 4.23. The summed E-state index contributed by atoms with van der Waals surface area (Å²) in [4.78, 5) is 25.0. The minimum Gasteiger partial charge on any atom is -0.497 e. The predicted molar refractivity (Wildman–Crippen MR) is 108 cm³/mol. The minimum absolute atomic E-state index is 0.0194. The summed E-state index contributed by atoms with van der Waals surface area (Å²) in [5.74, 6) is 0.311. The van der Waals surface area contributed by atoms with E-state index in [1.54, 1.807) is 42.5 Å². The molecule has 0 radical (unpaired) electrons. The van der Waals surface area contributed by atoms with Crippen LogP contribution < -0.4 is 20.1 Å². The lowest BCUT2D eigenvalue weighted by atomic mass is 10.2. The smallest absolute Gasteiger partial charge is 0.293 e. The zero-order chi connectivity index (χ0) is 20.1. The van der Waals surface area contributed by atoms with Gasteiger partial charge in [-0.15, -0.1) is 11.6 Å². The highest BCUT2D eigenvalue weighted by atomic mass is 35.5. The quantitative estimate of drug-likeness (QED) is 0.576. The number of para-hydroxylation sites is 1. The van der Waals surface area contributed by atoms with Crippen molar-refractivity contribution in [2.24, 2.45) is 0 Å². The van der Waals surface area contributed by atoms with Gasteiger partial charge in [-0.05, 0) is 24.3 Å². The summed E-state index contributed by atoms with van der Waals surface area (Å²) >= 11 is 5.64. The average molecular weight is 403 g/mol. The fraction of sp³-hybridized carbons (Fsp3) is 0.200. The minimum atomic E-state index is -0.538. The van der Waals surface area contributed by atoms with Gasteiger partial charge in [0, 0.05) is 23.8 Å². The summed E-state index contributed by atoms with van der Waals surface area (Å²) in [6.45, 7) is 0. The van der Waals surface area contributed by atoms with Crippen LogP contribution in [0.25, 0.3) is 11.0 Å². The van der Waals surface area contributed by atoms with Crippen molar-refractivity contribution in [2.75, 3.05) is 30.7 Å². The number of alkyl halides is 1. The summed E-state index contributed by atoms with van der Waals surface area (Å²) in [7, 11) is 3.02. The van der Waals surface area contributed by atoms with Gasteiger partial charge in [0.1, 0.15) is 22.8 Å². The first-order valence-electron chi connectivity index (χ1n) is 8.48. The number of hydrogen-bond donors (Lipinski definition) is 2. The van der Waals surface area contributed by atoms with Crippen LogP contribution in [0.4, 0.5) is 11.4 Å². The van der Waals surface area contributed by atoms with E-state index >= 15 is 0 Å². The molecule has 3 aromatic rings. The van der Waals surface area contributed by atoms with Crippen LogP contribution in [-0.4, -0.2) is 31.9 Å². The lowest BCUT2D eigenvalue weighted by molar-refractivity contribution is -0.115. The highest BCUT2D eigenvalue weighted by molar-refractivity contribution is 6.20. The number of fused-ring (bicyclic) bond motifs is 1. The molecule has 1 aromatic heterocycles. The van der Waals surface area contributed by atoms with Crippen LogP contribution in [0.1, 0.15) is 17.0 Å². The van der Waals surface area contributed by atoms with Crippen molar-refractivity contribution in [3.05, 3.63) is 48.2 Å². The Morgan fingerprint density at radius 1 is 1.07 bits per heavy atom. The van der Waals surface area contributed by atoms with Crippen molar-refractivity contribution < 1.29 is 23.5 Å². The van der Waals surface area contributed by atoms with Crippen LogP contribution in [-0.2, 0) is 4.79 Å². The summed E-state index contributed by atoms with van der Waals surface area (Å²) in [6, 6.07) is 12.1. The Kier molecular flexibility index (Phi) is 6.06. The number of amides is 2. The molecule has 0 aliphatic carbocycles. The van der Waals surface area contributed by atoms with Crippen molar-refractivity contribution in [1.82, 2.24) is 0 Å². The predicted octanol–water partition coefficient (Wildman–Crippen LogP) is 4.27. The van der Waals surface area contributed by atoms with Gasteiger partial charge in [-0.25, -0.2) is 0 Å². The van der Waals surface area contributed by atoms with E-state index in [2.05, 4.69) is 10.6 Å². The summed E-state index contributed by atoms with van der Waals surface area (Å²) in [5, 5.41) is 6.08.